The summed E-state index contributed by atoms with van der Waals surface area (Å²) in [6, 6.07) is 0.599. The van der Waals surface area contributed by atoms with Crippen LogP contribution in [-0.2, 0) is 4.74 Å². The van der Waals surface area contributed by atoms with Gasteiger partial charge in [0, 0.05) is 31.4 Å². The summed E-state index contributed by atoms with van der Waals surface area (Å²) in [6.45, 7) is 1.78. The van der Waals surface area contributed by atoms with Gasteiger partial charge in [0.2, 0.25) is 0 Å². The van der Waals surface area contributed by atoms with Gasteiger partial charge in [-0.05, 0) is 32.1 Å². The highest BCUT2D eigenvalue weighted by atomic mass is 32.2. The number of nitrogens with zero attached hydrogens (tertiary/aromatic N) is 1. The first-order valence-electron chi connectivity index (χ1n) is 6.36. The highest BCUT2D eigenvalue weighted by Gasteiger charge is 2.41. The van der Waals surface area contributed by atoms with E-state index in [0.717, 1.165) is 31.7 Å². The van der Waals surface area contributed by atoms with E-state index in [-0.39, 0.29) is 11.4 Å². The molecule has 2 rings (SSSR count). The Morgan fingerprint density at radius 3 is 3.12 bits per heavy atom. The van der Waals surface area contributed by atoms with E-state index in [1.165, 1.54) is 12.2 Å². The van der Waals surface area contributed by atoms with Crippen LogP contribution in [0.2, 0.25) is 0 Å². The van der Waals surface area contributed by atoms with Crippen molar-refractivity contribution in [2.75, 3.05) is 31.7 Å². The summed E-state index contributed by atoms with van der Waals surface area (Å²) in [7, 11) is 2.15. The smallest absolute Gasteiger partial charge is 0.0918 e. The first-order valence-corrected chi connectivity index (χ1v) is 7.52. The molecule has 98 valence electrons. The summed E-state index contributed by atoms with van der Waals surface area (Å²) >= 11 is 2.01. The molecule has 2 heterocycles. The maximum atomic E-state index is 7.29. The Hall–Kier alpha value is -0.260. The Balaban J connectivity index is 1.85. The second-order valence-corrected chi connectivity index (χ2v) is 6.34. The van der Waals surface area contributed by atoms with Crippen LogP contribution in [0.1, 0.15) is 25.7 Å². The Kier molecular flexibility index (Phi) is 4.33. The van der Waals surface area contributed by atoms with Gasteiger partial charge in [-0.1, -0.05) is 0 Å². The standard InChI is InChI=1S/C12H23N3OS/c1-15(5-2-11(13)14)10-3-6-16-12(8-10)4-7-17-9-12/h10H,2-9H2,1H3,(H3,13,14). The molecule has 3 N–H and O–H groups in total. The van der Waals surface area contributed by atoms with Crippen LogP contribution in [0, 0.1) is 5.41 Å². The first-order chi connectivity index (χ1) is 8.11. The zero-order valence-corrected chi connectivity index (χ0v) is 11.4. The molecule has 0 aromatic rings. The summed E-state index contributed by atoms with van der Waals surface area (Å²) < 4.78 is 6.02. The van der Waals surface area contributed by atoms with E-state index < -0.39 is 0 Å². The third-order valence-corrected chi connectivity index (χ3v) is 5.11. The highest BCUT2D eigenvalue weighted by molar-refractivity contribution is 7.99. The molecule has 0 aromatic heterocycles. The summed E-state index contributed by atoms with van der Waals surface area (Å²) in [5.74, 6) is 2.68. The molecular weight excluding hydrogens is 234 g/mol. The van der Waals surface area contributed by atoms with Gasteiger partial charge in [0.05, 0.1) is 11.4 Å². The molecule has 2 aliphatic rings. The summed E-state index contributed by atoms with van der Waals surface area (Å²) in [5.41, 5.74) is 5.57. The van der Waals surface area contributed by atoms with Gasteiger partial charge in [-0.25, -0.2) is 0 Å². The minimum atomic E-state index is 0.151. The van der Waals surface area contributed by atoms with E-state index >= 15 is 0 Å². The number of hydrogen-bond donors (Lipinski definition) is 2. The number of rotatable bonds is 4. The van der Waals surface area contributed by atoms with Gasteiger partial charge in [-0.15, -0.1) is 0 Å². The fourth-order valence-corrected chi connectivity index (χ4v) is 4.10. The van der Waals surface area contributed by atoms with Crippen molar-refractivity contribution in [2.45, 2.75) is 37.3 Å². The number of thioether (sulfide) groups is 1. The van der Waals surface area contributed by atoms with Gasteiger partial charge in [0.15, 0.2) is 0 Å². The van der Waals surface area contributed by atoms with Crippen LogP contribution in [-0.4, -0.2) is 54.1 Å². The molecular formula is C12H23N3OS. The van der Waals surface area contributed by atoms with E-state index in [1.807, 2.05) is 11.8 Å². The number of ether oxygens (including phenoxy) is 1. The van der Waals surface area contributed by atoms with Crippen molar-refractivity contribution < 1.29 is 4.74 Å². The quantitative estimate of drug-likeness (QED) is 0.588. The molecule has 5 heteroatoms. The van der Waals surface area contributed by atoms with Crippen LogP contribution in [0.25, 0.3) is 0 Å². The van der Waals surface area contributed by atoms with Crippen molar-refractivity contribution in [1.29, 1.82) is 5.41 Å². The van der Waals surface area contributed by atoms with Gasteiger partial charge >= 0.3 is 0 Å². The molecule has 0 aromatic carbocycles. The predicted octanol–water partition coefficient (Wildman–Crippen LogP) is 1.30. The lowest BCUT2D eigenvalue weighted by atomic mass is 9.89. The molecule has 1 spiro atoms. The first kappa shape index (κ1) is 13.2. The third-order valence-electron chi connectivity index (χ3n) is 3.89. The number of nitrogens with one attached hydrogen (secondary N) is 1. The molecule has 2 unspecified atom stereocenters. The van der Waals surface area contributed by atoms with E-state index in [0.29, 0.717) is 12.5 Å². The minimum absolute atomic E-state index is 0.151. The molecule has 4 nitrogen and oxygen atoms in total. The van der Waals surface area contributed by atoms with Crippen LogP contribution in [0.3, 0.4) is 0 Å². The summed E-state index contributed by atoms with van der Waals surface area (Å²) in [6.07, 6.45) is 4.14. The topological polar surface area (TPSA) is 62.3 Å². The average Bonchev–Trinajstić information content (AvgIpc) is 2.74. The van der Waals surface area contributed by atoms with Crippen molar-refractivity contribution in [3.8, 4) is 0 Å². The Morgan fingerprint density at radius 2 is 2.47 bits per heavy atom. The van der Waals surface area contributed by atoms with Gasteiger partial charge in [-0.2, -0.15) is 11.8 Å². The summed E-state index contributed by atoms with van der Waals surface area (Å²) in [5, 5.41) is 7.29. The van der Waals surface area contributed by atoms with E-state index in [4.69, 9.17) is 15.9 Å². The largest absolute Gasteiger partial charge is 0.388 e. The molecule has 17 heavy (non-hydrogen) atoms. The molecule has 0 aliphatic carbocycles. The number of nitrogens with two attached hydrogens (primary N) is 1. The molecule has 0 radical (unpaired) electrons. The molecule has 0 amide bonds. The second kappa shape index (κ2) is 5.59. The normalized spacial score (nSPS) is 33.4. The van der Waals surface area contributed by atoms with Crippen molar-refractivity contribution in [3.63, 3.8) is 0 Å². The zero-order valence-electron chi connectivity index (χ0n) is 10.6. The molecule has 2 saturated heterocycles. The van der Waals surface area contributed by atoms with Gasteiger partial charge in [0.25, 0.3) is 0 Å². The van der Waals surface area contributed by atoms with Crippen LogP contribution in [0.5, 0.6) is 0 Å². The molecule has 2 fully saturated rings. The fourth-order valence-electron chi connectivity index (χ4n) is 2.72. The van der Waals surface area contributed by atoms with Crippen LogP contribution in [0.4, 0.5) is 0 Å². The lowest BCUT2D eigenvalue weighted by Gasteiger charge is -2.41. The van der Waals surface area contributed by atoms with Crippen molar-refractivity contribution in [3.05, 3.63) is 0 Å². The minimum Gasteiger partial charge on any atom is -0.388 e. The lowest BCUT2D eigenvalue weighted by molar-refractivity contribution is -0.0861. The molecule has 2 atom stereocenters. The molecule has 2 aliphatic heterocycles. The van der Waals surface area contributed by atoms with Crippen molar-refractivity contribution >= 4 is 17.6 Å². The number of amidine groups is 1. The zero-order chi connectivity index (χ0) is 12.3. The van der Waals surface area contributed by atoms with Crippen molar-refractivity contribution in [2.24, 2.45) is 5.73 Å². The Morgan fingerprint density at radius 1 is 1.65 bits per heavy atom. The molecule has 0 bridgehead atoms. The Labute approximate surface area is 108 Å². The lowest BCUT2D eigenvalue weighted by Crippen LogP contribution is -2.48. The average molecular weight is 257 g/mol. The fraction of sp³-hybridized carbons (Fsp3) is 0.917. The van der Waals surface area contributed by atoms with Crippen molar-refractivity contribution in [1.82, 2.24) is 4.90 Å². The van der Waals surface area contributed by atoms with E-state index in [2.05, 4.69) is 11.9 Å². The van der Waals surface area contributed by atoms with E-state index in [1.54, 1.807) is 0 Å². The van der Waals surface area contributed by atoms with Crippen LogP contribution >= 0.6 is 11.8 Å². The third kappa shape index (κ3) is 3.36. The Bertz CT molecular complexity index is 279. The van der Waals surface area contributed by atoms with Gasteiger partial charge in [0.1, 0.15) is 0 Å². The predicted molar refractivity (Wildman–Crippen MR) is 72.8 cm³/mol. The SMILES string of the molecule is CN(CCC(=N)N)C1CCOC2(CCSC2)C1. The maximum Gasteiger partial charge on any atom is 0.0918 e. The summed E-state index contributed by atoms with van der Waals surface area (Å²) in [4.78, 5) is 2.36. The maximum absolute atomic E-state index is 7.29. The van der Waals surface area contributed by atoms with Crippen LogP contribution in [0.15, 0.2) is 0 Å². The van der Waals surface area contributed by atoms with Crippen LogP contribution < -0.4 is 5.73 Å². The monoisotopic (exact) mass is 257 g/mol. The van der Waals surface area contributed by atoms with Gasteiger partial charge < -0.3 is 15.4 Å². The highest BCUT2D eigenvalue weighted by Crippen LogP contribution is 2.39. The number of hydrogen-bond acceptors (Lipinski definition) is 4. The second-order valence-electron chi connectivity index (χ2n) is 5.24. The van der Waals surface area contributed by atoms with E-state index in [9.17, 15) is 0 Å². The van der Waals surface area contributed by atoms with Gasteiger partial charge in [-0.3, -0.25) is 5.41 Å². The molecule has 0 saturated carbocycles.